The third kappa shape index (κ3) is 3.21. The molecule has 11 heavy (non-hydrogen) atoms. The van der Waals surface area contributed by atoms with Gasteiger partial charge in [0, 0.05) is 12.6 Å². The Kier molecular flexibility index (Phi) is 3.87. The molecule has 2 heteroatoms. The summed E-state index contributed by atoms with van der Waals surface area (Å²) in [5.74, 6) is 0.904. The van der Waals surface area contributed by atoms with E-state index in [4.69, 9.17) is 5.11 Å². The third-order valence-corrected chi connectivity index (χ3v) is 2.46. The standard InChI is InChI=1S/C9H19NO/c1-8-3-4-9(7-8)10-5-2-6-11/h8-11H,2-7H2,1H3/t8-,9-/m0/s1. The minimum atomic E-state index is 0.315. The van der Waals surface area contributed by atoms with Gasteiger partial charge >= 0.3 is 0 Å². The van der Waals surface area contributed by atoms with Crippen molar-refractivity contribution in [3.8, 4) is 0 Å². The Bertz CT molecular complexity index is 106. The van der Waals surface area contributed by atoms with Crippen LogP contribution in [0.4, 0.5) is 0 Å². The first kappa shape index (κ1) is 9.01. The van der Waals surface area contributed by atoms with Gasteiger partial charge in [0.05, 0.1) is 0 Å². The predicted octanol–water partition coefficient (Wildman–Crippen LogP) is 1.15. The molecule has 66 valence electrons. The van der Waals surface area contributed by atoms with Crippen molar-refractivity contribution >= 4 is 0 Å². The smallest absolute Gasteiger partial charge is 0.0443 e. The van der Waals surface area contributed by atoms with E-state index in [-0.39, 0.29) is 0 Å². The molecule has 1 fully saturated rings. The predicted molar refractivity (Wildman–Crippen MR) is 46.5 cm³/mol. The summed E-state index contributed by atoms with van der Waals surface area (Å²) in [4.78, 5) is 0. The Labute approximate surface area is 69.0 Å². The molecule has 1 rings (SSSR count). The molecule has 0 bridgehead atoms. The molecule has 1 aliphatic carbocycles. The van der Waals surface area contributed by atoms with Crippen LogP contribution in [0.1, 0.15) is 32.6 Å². The fourth-order valence-corrected chi connectivity index (χ4v) is 1.78. The number of hydrogen-bond donors (Lipinski definition) is 2. The van der Waals surface area contributed by atoms with E-state index in [1.54, 1.807) is 0 Å². The molecule has 0 aromatic rings. The maximum Gasteiger partial charge on any atom is 0.0443 e. The number of nitrogens with one attached hydrogen (secondary N) is 1. The Morgan fingerprint density at radius 2 is 2.27 bits per heavy atom. The second-order valence-corrected chi connectivity index (χ2v) is 3.65. The Balaban J connectivity index is 1.99. The van der Waals surface area contributed by atoms with E-state index < -0.39 is 0 Å². The molecule has 0 spiro atoms. The van der Waals surface area contributed by atoms with Gasteiger partial charge in [-0.1, -0.05) is 6.92 Å². The van der Waals surface area contributed by atoms with Crippen molar-refractivity contribution in [2.45, 2.75) is 38.6 Å². The van der Waals surface area contributed by atoms with Crippen molar-refractivity contribution in [3.05, 3.63) is 0 Å². The van der Waals surface area contributed by atoms with Crippen molar-refractivity contribution in [2.24, 2.45) is 5.92 Å². The van der Waals surface area contributed by atoms with E-state index in [1.807, 2.05) is 0 Å². The zero-order valence-corrected chi connectivity index (χ0v) is 7.34. The molecule has 2 N–H and O–H groups in total. The van der Waals surface area contributed by atoms with E-state index >= 15 is 0 Å². The molecular formula is C9H19NO. The molecular weight excluding hydrogens is 138 g/mol. The molecule has 0 saturated heterocycles. The third-order valence-electron chi connectivity index (χ3n) is 2.46. The van der Waals surface area contributed by atoms with E-state index in [2.05, 4.69) is 12.2 Å². The van der Waals surface area contributed by atoms with Crippen LogP contribution in [-0.2, 0) is 0 Å². The van der Waals surface area contributed by atoms with Gasteiger partial charge in [0.25, 0.3) is 0 Å². The molecule has 1 aliphatic rings. The zero-order chi connectivity index (χ0) is 8.10. The molecule has 2 atom stereocenters. The zero-order valence-electron chi connectivity index (χ0n) is 7.34. The Morgan fingerprint density at radius 1 is 1.45 bits per heavy atom. The van der Waals surface area contributed by atoms with Crippen molar-refractivity contribution in [2.75, 3.05) is 13.2 Å². The first-order valence-corrected chi connectivity index (χ1v) is 4.67. The number of hydrogen-bond acceptors (Lipinski definition) is 2. The molecule has 2 nitrogen and oxygen atoms in total. The summed E-state index contributed by atoms with van der Waals surface area (Å²) in [5.41, 5.74) is 0. The van der Waals surface area contributed by atoms with E-state index in [0.29, 0.717) is 6.61 Å². The van der Waals surface area contributed by atoms with Gasteiger partial charge in [-0.3, -0.25) is 0 Å². The minimum Gasteiger partial charge on any atom is -0.396 e. The summed E-state index contributed by atoms with van der Waals surface area (Å²) < 4.78 is 0. The van der Waals surface area contributed by atoms with Gasteiger partial charge in [-0.15, -0.1) is 0 Å². The van der Waals surface area contributed by atoms with Crippen LogP contribution in [0.2, 0.25) is 0 Å². The average Bonchev–Trinajstić information content (AvgIpc) is 2.37. The molecule has 1 saturated carbocycles. The summed E-state index contributed by atoms with van der Waals surface area (Å²) in [6.07, 6.45) is 4.92. The molecule has 0 unspecified atom stereocenters. The summed E-state index contributed by atoms with van der Waals surface area (Å²) in [5, 5.41) is 12.0. The number of aliphatic hydroxyl groups is 1. The largest absolute Gasteiger partial charge is 0.396 e. The highest BCUT2D eigenvalue weighted by atomic mass is 16.3. The molecule has 0 heterocycles. The van der Waals surface area contributed by atoms with Crippen molar-refractivity contribution < 1.29 is 5.11 Å². The maximum absolute atomic E-state index is 8.55. The van der Waals surface area contributed by atoms with Crippen LogP contribution in [0.25, 0.3) is 0 Å². The molecule has 0 aliphatic heterocycles. The topological polar surface area (TPSA) is 32.3 Å². The van der Waals surface area contributed by atoms with Gasteiger partial charge in [0.15, 0.2) is 0 Å². The van der Waals surface area contributed by atoms with Crippen LogP contribution < -0.4 is 5.32 Å². The summed E-state index contributed by atoms with van der Waals surface area (Å²) in [6.45, 7) is 3.61. The van der Waals surface area contributed by atoms with Gasteiger partial charge < -0.3 is 10.4 Å². The lowest BCUT2D eigenvalue weighted by atomic mass is 10.1. The number of aliphatic hydroxyl groups excluding tert-OH is 1. The van der Waals surface area contributed by atoms with Crippen LogP contribution in [0.15, 0.2) is 0 Å². The molecule has 0 radical (unpaired) electrons. The van der Waals surface area contributed by atoms with Crippen LogP contribution in [0.5, 0.6) is 0 Å². The van der Waals surface area contributed by atoms with E-state index in [9.17, 15) is 0 Å². The van der Waals surface area contributed by atoms with Crippen LogP contribution in [-0.4, -0.2) is 24.3 Å². The van der Waals surface area contributed by atoms with Crippen molar-refractivity contribution in [3.63, 3.8) is 0 Å². The van der Waals surface area contributed by atoms with Crippen molar-refractivity contribution in [1.29, 1.82) is 0 Å². The molecule has 0 aromatic carbocycles. The lowest BCUT2D eigenvalue weighted by molar-refractivity contribution is 0.283. The quantitative estimate of drug-likeness (QED) is 0.600. The lowest BCUT2D eigenvalue weighted by Gasteiger charge is -2.10. The monoisotopic (exact) mass is 157 g/mol. The first-order valence-electron chi connectivity index (χ1n) is 4.67. The normalized spacial score (nSPS) is 31.1. The van der Waals surface area contributed by atoms with Crippen LogP contribution >= 0.6 is 0 Å². The van der Waals surface area contributed by atoms with Gasteiger partial charge in [0.1, 0.15) is 0 Å². The highest BCUT2D eigenvalue weighted by molar-refractivity contribution is 4.77. The van der Waals surface area contributed by atoms with Gasteiger partial charge in [-0.25, -0.2) is 0 Å². The summed E-state index contributed by atoms with van der Waals surface area (Å²) in [7, 11) is 0. The second-order valence-electron chi connectivity index (χ2n) is 3.65. The highest BCUT2D eigenvalue weighted by Gasteiger charge is 2.19. The van der Waals surface area contributed by atoms with Crippen molar-refractivity contribution in [1.82, 2.24) is 5.32 Å². The average molecular weight is 157 g/mol. The summed E-state index contributed by atoms with van der Waals surface area (Å²) >= 11 is 0. The first-order chi connectivity index (χ1) is 5.33. The fraction of sp³-hybridized carbons (Fsp3) is 1.00. The lowest BCUT2D eigenvalue weighted by Crippen LogP contribution is -2.27. The molecule has 0 aromatic heterocycles. The van der Waals surface area contributed by atoms with Gasteiger partial charge in [-0.05, 0) is 38.1 Å². The van der Waals surface area contributed by atoms with Crippen LogP contribution in [0.3, 0.4) is 0 Å². The van der Waals surface area contributed by atoms with Gasteiger partial charge in [-0.2, -0.15) is 0 Å². The second kappa shape index (κ2) is 4.73. The summed E-state index contributed by atoms with van der Waals surface area (Å²) in [6, 6.07) is 0.733. The Hall–Kier alpha value is -0.0800. The minimum absolute atomic E-state index is 0.315. The van der Waals surface area contributed by atoms with Crippen LogP contribution in [0, 0.1) is 5.92 Å². The maximum atomic E-state index is 8.55. The highest BCUT2D eigenvalue weighted by Crippen LogP contribution is 2.24. The SMILES string of the molecule is C[C@H]1CC[C@H](NCCCO)C1. The fourth-order valence-electron chi connectivity index (χ4n) is 1.78. The van der Waals surface area contributed by atoms with E-state index in [0.717, 1.165) is 24.9 Å². The van der Waals surface area contributed by atoms with Gasteiger partial charge in [0.2, 0.25) is 0 Å². The molecule has 0 amide bonds. The Morgan fingerprint density at radius 3 is 2.82 bits per heavy atom. The number of rotatable bonds is 4. The van der Waals surface area contributed by atoms with E-state index in [1.165, 1.54) is 19.3 Å².